The van der Waals surface area contributed by atoms with Gasteiger partial charge in [0, 0.05) is 18.9 Å². The molecule has 0 aliphatic heterocycles. The summed E-state index contributed by atoms with van der Waals surface area (Å²) in [4.78, 5) is 8.14. The number of benzene rings is 1. The zero-order valence-electron chi connectivity index (χ0n) is 10.9. The number of hydrogen-bond acceptors (Lipinski definition) is 4. The summed E-state index contributed by atoms with van der Waals surface area (Å²) in [6, 6.07) is 7.25. The molecule has 0 atom stereocenters. The molecule has 20 heavy (non-hydrogen) atoms. The Labute approximate surface area is 122 Å². The number of halogens is 2. The molecule has 1 N–H and O–H groups in total. The smallest absolute Gasteiger partial charge is 0.222 e. The van der Waals surface area contributed by atoms with Gasteiger partial charge in [-0.25, -0.2) is 14.4 Å². The molecule has 0 saturated carbocycles. The number of nitrogens with zero attached hydrogens (tertiary/aromatic N) is 2. The number of anilines is 1. The topological polar surface area (TPSA) is 47.0 Å². The molecule has 0 amide bonds. The Morgan fingerprint density at radius 1 is 1.25 bits per heavy atom. The Morgan fingerprint density at radius 2 is 2.05 bits per heavy atom. The third-order valence-electron chi connectivity index (χ3n) is 2.59. The molecule has 1 heterocycles. The van der Waals surface area contributed by atoms with E-state index in [1.165, 1.54) is 0 Å². The van der Waals surface area contributed by atoms with Crippen molar-refractivity contribution in [2.45, 2.75) is 6.42 Å². The van der Waals surface area contributed by atoms with Gasteiger partial charge in [0.1, 0.15) is 19.0 Å². The maximum absolute atomic E-state index is 12.0. The summed E-state index contributed by atoms with van der Waals surface area (Å²) in [6.07, 6.45) is 4.15. The van der Waals surface area contributed by atoms with Gasteiger partial charge in [0.25, 0.3) is 0 Å². The van der Waals surface area contributed by atoms with Gasteiger partial charge in [-0.1, -0.05) is 17.7 Å². The van der Waals surface area contributed by atoms with Gasteiger partial charge in [0.2, 0.25) is 5.95 Å². The van der Waals surface area contributed by atoms with E-state index in [0.717, 1.165) is 12.0 Å². The number of alkyl halides is 1. The van der Waals surface area contributed by atoms with E-state index >= 15 is 0 Å². The largest absolute Gasteiger partial charge is 0.489 e. The van der Waals surface area contributed by atoms with Crippen molar-refractivity contribution >= 4 is 17.5 Å². The SMILES string of the molecule is FCCOc1ccc(CCNc2ncccn2)cc1Cl. The predicted octanol–water partition coefficient (Wildman–Crippen LogP) is 3.13. The van der Waals surface area contributed by atoms with Crippen LogP contribution in [-0.2, 0) is 6.42 Å². The first kappa shape index (κ1) is 14.5. The maximum Gasteiger partial charge on any atom is 0.222 e. The van der Waals surface area contributed by atoms with E-state index in [1.54, 1.807) is 24.5 Å². The van der Waals surface area contributed by atoms with E-state index in [2.05, 4.69) is 15.3 Å². The Kier molecular flexibility index (Phi) is 5.55. The lowest BCUT2D eigenvalue weighted by atomic mass is 10.1. The van der Waals surface area contributed by atoms with Gasteiger partial charge in [-0.05, 0) is 30.2 Å². The number of nitrogens with one attached hydrogen (secondary N) is 1. The van der Waals surface area contributed by atoms with E-state index in [-0.39, 0.29) is 6.61 Å². The van der Waals surface area contributed by atoms with Crippen molar-refractivity contribution in [1.82, 2.24) is 9.97 Å². The van der Waals surface area contributed by atoms with Crippen molar-refractivity contribution in [2.75, 3.05) is 25.1 Å². The molecule has 2 aromatic rings. The minimum atomic E-state index is -0.529. The standard InChI is InChI=1S/C14H15ClFN3O/c15-12-10-11(2-3-13(12)20-9-5-16)4-8-19-14-17-6-1-7-18-14/h1-3,6-7,10H,4-5,8-9H2,(H,17,18,19). The van der Waals surface area contributed by atoms with Gasteiger partial charge in [-0.15, -0.1) is 0 Å². The summed E-state index contributed by atoms with van der Waals surface area (Å²) in [5.41, 5.74) is 1.06. The van der Waals surface area contributed by atoms with Crippen LogP contribution in [-0.4, -0.2) is 29.8 Å². The van der Waals surface area contributed by atoms with Crippen LogP contribution in [0.4, 0.5) is 10.3 Å². The second kappa shape index (κ2) is 7.65. The molecule has 0 spiro atoms. The van der Waals surface area contributed by atoms with Crippen LogP contribution in [0.1, 0.15) is 5.56 Å². The fraction of sp³-hybridized carbons (Fsp3) is 0.286. The fourth-order valence-corrected chi connectivity index (χ4v) is 1.93. The molecule has 0 saturated heterocycles. The van der Waals surface area contributed by atoms with Crippen LogP contribution in [0.3, 0.4) is 0 Å². The molecule has 106 valence electrons. The lowest BCUT2D eigenvalue weighted by Gasteiger charge is -2.08. The highest BCUT2D eigenvalue weighted by Crippen LogP contribution is 2.25. The van der Waals surface area contributed by atoms with Gasteiger partial charge in [-0.2, -0.15) is 0 Å². The molecule has 1 aromatic carbocycles. The molecule has 6 heteroatoms. The highest BCUT2D eigenvalue weighted by atomic mass is 35.5. The molecule has 0 radical (unpaired) electrons. The highest BCUT2D eigenvalue weighted by Gasteiger charge is 2.03. The molecule has 4 nitrogen and oxygen atoms in total. The average Bonchev–Trinajstić information content (AvgIpc) is 2.47. The second-order valence-electron chi connectivity index (χ2n) is 4.05. The molecular formula is C14H15ClFN3O. The Bertz CT molecular complexity index is 539. The van der Waals surface area contributed by atoms with Gasteiger partial charge in [-0.3, -0.25) is 0 Å². The van der Waals surface area contributed by atoms with E-state index in [0.29, 0.717) is 23.3 Å². The third kappa shape index (κ3) is 4.35. The first-order valence-corrected chi connectivity index (χ1v) is 6.65. The van der Waals surface area contributed by atoms with Gasteiger partial charge in [0.15, 0.2) is 0 Å². The van der Waals surface area contributed by atoms with Crippen molar-refractivity contribution in [2.24, 2.45) is 0 Å². The Morgan fingerprint density at radius 3 is 2.75 bits per heavy atom. The molecule has 0 bridgehead atoms. The van der Waals surface area contributed by atoms with E-state index < -0.39 is 6.67 Å². The van der Waals surface area contributed by atoms with Crippen LogP contribution in [0.2, 0.25) is 5.02 Å². The Balaban J connectivity index is 1.85. The monoisotopic (exact) mass is 295 g/mol. The van der Waals surface area contributed by atoms with Gasteiger partial charge >= 0.3 is 0 Å². The third-order valence-corrected chi connectivity index (χ3v) is 2.89. The van der Waals surface area contributed by atoms with Crippen molar-refractivity contribution in [3.05, 3.63) is 47.2 Å². The molecule has 0 unspecified atom stereocenters. The van der Waals surface area contributed by atoms with Crippen LogP contribution < -0.4 is 10.1 Å². The lowest BCUT2D eigenvalue weighted by Crippen LogP contribution is -2.07. The number of aromatic nitrogens is 2. The molecule has 1 aromatic heterocycles. The predicted molar refractivity (Wildman–Crippen MR) is 77.1 cm³/mol. The summed E-state index contributed by atoms with van der Waals surface area (Å²) in [7, 11) is 0. The summed E-state index contributed by atoms with van der Waals surface area (Å²) < 4.78 is 17.2. The summed E-state index contributed by atoms with van der Waals surface area (Å²) in [5.74, 6) is 1.11. The summed E-state index contributed by atoms with van der Waals surface area (Å²) >= 11 is 6.07. The summed E-state index contributed by atoms with van der Waals surface area (Å²) in [6.45, 7) is 0.191. The van der Waals surface area contributed by atoms with E-state index in [4.69, 9.17) is 16.3 Å². The summed E-state index contributed by atoms with van der Waals surface area (Å²) in [5, 5.41) is 3.61. The van der Waals surface area contributed by atoms with Crippen LogP contribution in [0.5, 0.6) is 5.75 Å². The van der Waals surface area contributed by atoms with Gasteiger partial charge < -0.3 is 10.1 Å². The second-order valence-corrected chi connectivity index (χ2v) is 4.46. The normalized spacial score (nSPS) is 10.3. The molecule has 0 aliphatic carbocycles. The first-order valence-electron chi connectivity index (χ1n) is 6.27. The van der Waals surface area contributed by atoms with Crippen LogP contribution >= 0.6 is 11.6 Å². The number of ether oxygens (including phenoxy) is 1. The Hall–Kier alpha value is -1.88. The van der Waals surface area contributed by atoms with Crippen molar-refractivity contribution in [3.63, 3.8) is 0 Å². The lowest BCUT2D eigenvalue weighted by molar-refractivity contribution is 0.273. The van der Waals surface area contributed by atoms with Crippen LogP contribution in [0.15, 0.2) is 36.7 Å². The fourth-order valence-electron chi connectivity index (χ4n) is 1.67. The van der Waals surface area contributed by atoms with Crippen molar-refractivity contribution in [3.8, 4) is 5.75 Å². The van der Waals surface area contributed by atoms with Gasteiger partial charge in [0.05, 0.1) is 5.02 Å². The number of hydrogen-bond donors (Lipinski definition) is 1. The van der Waals surface area contributed by atoms with Crippen molar-refractivity contribution < 1.29 is 9.13 Å². The van der Waals surface area contributed by atoms with E-state index in [9.17, 15) is 4.39 Å². The maximum atomic E-state index is 12.0. The van der Waals surface area contributed by atoms with Crippen LogP contribution in [0.25, 0.3) is 0 Å². The minimum absolute atomic E-state index is 0.0198. The minimum Gasteiger partial charge on any atom is -0.489 e. The quantitative estimate of drug-likeness (QED) is 0.852. The van der Waals surface area contributed by atoms with Crippen LogP contribution in [0, 0.1) is 0 Å². The zero-order valence-corrected chi connectivity index (χ0v) is 11.6. The molecule has 0 aliphatic rings. The van der Waals surface area contributed by atoms with Crippen molar-refractivity contribution in [1.29, 1.82) is 0 Å². The number of rotatable bonds is 7. The van der Waals surface area contributed by atoms with E-state index in [1.807, 2.05) is 12.1 Å². The molecular weight excluding hydrogens is 281 g/mol. The zero-order chi connectivity index (χ0) is 14.2. The first-order chi connectivity index (χ1) is 9.79. The molecule has 0 fully saturated rings. The average molecular weight is 296 g/mol. The molecule has 2 rings (SSSR count). The highest BCUT2D eigenvalue weighted by molar-refractivity contribution is 6.32.